The lowest BCUT2D eigenvalue weighted by Crippen LogP contribution is -2.30. The largest absolute Gasteiger partial charge is 0.368 e. The number of aromatic nitrogens is 3. The number of fused-ring (bicyclic) bond motifs is 1. The quantitative estimate of drug-likeness (QED) is 0.652. The molecule has 0 saturated heterocycles. The predicted octanol–water partition coefficient (Wildman–Crippen LogP) is -0.294. The van der Waals surface area contributed by atoms with Crippen molar-refractivity contribution in [2.45, 2.75) is 6.92 Å². The molecule has 0 fully saturated rings. The molecule has 2 N–H and O–H groups in total. The minimum absolute atomic E-state index is 0.0318. The smallest absolute Gasteiger partial charge is 0.325 e. The van der Waals surface area contributed by atoms with Crippen LogP contribution in [0.3, 0.4) is 0 Å². The van der Waals surface area contributed by atoms with Crippen molar-refractivity contribution in [3.05, 3.63) is 38.4 Å². The molecule has 0 radical (unpaired) electrons. The zero-order chi connectivity index (χ0) is 11.9. The van der Waals surface area contributed by atoms with E-state index in [4.69, 9.17) is 0 Å². The molecule has 0 saturated carbocycles. The van der Waals surface area contributed by atoms with E-state index in [0.717, 1.165) is 4.68 Å². The Kier molecular flexibility index (Phi) is 2.22. The Morgan fingerprint density at radius 1 is 1.50 bits per heavy atom. The van der Waals surface area contributed by atoms with Gasteiger partial charge in [-0.2, -0.15) is 9.37 Å². The molecule has 0 aliphatic carbocycles. The summed E-state index contributed by atoms with van der Waals surface area (Å²) in [5.41, 5.74) is 1.36. The number of hydrogen-bond donors (Lipinski definition) is 2. The van der Waals surface area contributed by atoms with E-state index in [-0.39, 0.29) is 16.6 Å². The average molecular weight is 224 g/mol. The number of rotatable bonds is 1. The molecule has 16 heavy (non-hydrogen) atoms. The van der Waals surface area contributed by atoms with Gasteiger partial charge in [-0.05, 0) is 6.92 Å². The lowest BCUT2D eigenvalue weighted by molar-refractivity contribution is 0.576. The molecule has 0 spiro atoms. The fourth-order valence-corrected chi connectivity index (χ4v) is 1.38. The van der Waals surface area contributed by atoms with E-state index >= 15 is 0 Å². The molecule has 2 heterocycles. The molecule has 0 aliphatic heterocycles. The third-order valence-electron chi connectivity index (χ3n) is 2.31. The Balaban J connectivity index is 2.98. The van der Waals surface area contributed by atoms with Gasteiger partial charge in [0.15, 0.2) is 17.0 Å². The van der Waals surface area contributed by atoms with Gasteiger partial charge in [-0.1, -0.05) is 0 Å². The molecular weight excluding hydrogens is 215 g/mol. The van der Waals surface area contributed by atoms with E-state index in [1.54, 1.807) is 0 Å². The third-order valence-corrected chi connectivity index (χ3v) is 2.31. The summed E-state index contributed by atoms with van der Waals surface area (Å²) in [6.45, 7) is 1.36. The number of halogens is 1. The molecule has 0 aromatic carbocycles. The Labute approximate surface area is 88.7 Å². The minimum Gasteiger partial charge on any atom is -0.325 e. The number of nitrogens with one attached hydrogen (secondary N) is 2. The summed E-state index contributed by atoms with van der Waals surface area (Å²) < 4.78 is 14.3. The third kappa shape index (κ3) is 1.37. The van der Waals surface area contributed by atoms with Crippen LogP contribution in [0.25, 0.3) is 11.0 Å². The Morgan fingerprint density at radius 2 is 2.19 bits per heavy atom. The van der Waals surface area contributed by atoms with Crippen LogP contribution >= 0.6 is 0 Å². The summed E-state index contributed by atoms with van der Waals surface area (Å²) in [5.74, 6) is -0.772. The number of aromatic amines is 1. The number of H-pyrrole nitrogens is 1. The van der Waals surface area contributed by atoms with Gasteiger partial charge in [-0.25, -0.2) is 9.47 Å². The highest BCUT2D eigenvalue weighted by Gasteiger charge is 2.10. The normalized spacial score (nSPS) is 10.7. The van der Waals surface area contributed by atoms with Gasteiger partial charge in [-0.3, -0.25) is 4.79 Å². The fraction of sp³-hybridized carbons (Fsp3) is 0.222. The Bertz CT molecular complexity index is 673. The van der Waals surface area contributed by atoms with Crippen molar-refractivity contribution >= 4 is 11.0 Å². The van der Waals surface area contributed by atoms with Gasteiger partial charge in [-0.15, -0.1) is 0 Å². The highest BCUT2D eigenvalue weighted by Crippen LogP contribution is 2.04. The van der Waals surface area contributed by atoms with Crippen LogP contribution in [0.2, 0.25) is 0 Å². The molecule has 0 bridgehead atoms. The van der Waals surface area contributed by atoms with E-state index in [1.807, 2.05) is 0 Å². The van der Waals surface area contributed by atoms with E-state index in [0.29, 0.717) is 0 Å². The number of nitrogens with zero attached hydrogens (tertiary/aromatic N) is 2. The Hall–Kier alpha value is -2.18. The van der Waals surface area contributed by atoms with Crippen molar-refractivity contribution in [1.29, 1.82) is 0 Å². The van der Waals surface area contributed by atoms with Crippen molar-refractivity contribution in [1.82, 2.24) is 14.6 Å². The van der Waals surface area contributed by atoms with Crippen LogP contribution in [0.15, 0.2) is 15.8 Å². The van der Waals surface area contributed by atoms with Crippen molar-refractivity contribution in [3.63, 3.8) is 0 Å². The van der Waals surface area contributed by atoms with E-state index in [1.165, 1.54) is 20.2 Å². The van der Waals surface area contributed by atoms with Gasteiger partial charge in [0, 0.05) is 13.2 Å². The van der Waals surface area contributed by atoms with Gasteiger partial charge in [0.1, 0.15) is 0 Å². The van der Waals surface area contributed by atoms with Crippen LogP contribution in [0.1, 0.15) is 5.56 Å². The molecule has 2 rings (SSSR count). The van der Waals surface area contributed by atoms with E-state index in [9.17, 15) is 14.0 Å². The lowest BCUT2D eigenvalue weighted by atomic mass is 10.2. The Morgan fingerprint density at radius 3 is 2.81 bits per heavy atom. The molecule has 0 amide bonds. The van der Waals surface area contributed by atoms with Gasteiger partial charge >= 0.3 is 5.69 Å². The summed E-state index contributed by atoms with van der Waals surface area (Å²) in [4.78, 5) is 28.8. The molecule has 2 aromatic heterocycles. The SMILES string of the molecule is CNn1cc2c(=O)c(C)c(F)[nH]c2nc1=O. The molecule has 84 valence electrons. The maximum absolute atomic E-state index is 13.2. The van der Waals surface area contributed by atoms with Crippen LogP contribution in [0, 0.1) is 12.9 Å². The minimum atomic E-state index is -0.772. The average Bonchev–Trinajstić information content (AvgIpc) is 2.26. The van der Waals surface area contributed by atoms with Gasteiger partial charge in [0.2, 0.25) is 0 Å². The summed E-state index contributed by atoms with van der Waals surface area (Å²) >= 11 is 0. The van der Waals surface area contributed by atoms with Crippen LogP contribution in [0.5, 0.6) is 0 Å². The van der Waals surface area contributed by atoms with Crippen LogP contribution in [-0.4, -0.2) is 21.7 Å². The zero-order valence-electron chi connectivity index (χ0n) is 8.67. The summed E-state index contributed by atoms with van der Waals surface area (Å²) in [6, 6.07) is 0. The fourth-order valence-electron chi connectivity index (χ4n) is 1.38. The summed E-state index contributed by atoms with van der Waals surface area (Å²) in [6.07, 6.45) is 1.29. The van der Waals surface area contributed by atoms with E-state index in [2.05, 4.69) is 15.4 Å². The standard InChI is InChI=1S/C9H9FN4O2/c1-4-6(15)5-3-14(11-2)9(16)13-8(5)12-7(4)10/h3,11H,1-2H3,(H,12,13,16). The first-order valence-electron chi connectivity index (χ1n) is 4.54. The van der Waals surface area contributed by atoms with Crippen molar-refractivity contribution in [3.8, 4) is 0 Å². The molecule has 6 nitrogen and oxygen atoms in total. The van der Waals surface area contributed by atoms with Crippen LogP contribution in [0.4, 0.5) is 4.39 Å². The second kappa shape index (κ2) is 3.44. The lowest BCUT2D eigenvalue weighted by Gasteiger charge is -2.05. The molecule has 0 aliphatic rings. The van der Waals surface area contributed by atoms with Gasteiger partial charge in [0.05, 0.1) is 10.9 Å². The summed E-state index contributed by atoms with van der Waals surface area (Å²) in [5, 5.41) is 0.160. The van der Waals surface area contributed by atoms with Gasteiger partial charge < -0.3 is 10.4 Å². The monoisotopic (exact) mass is 224 g/mol. The highest BCUT2D eigenvalue weighted by molar-refractivity contribution is 5.73. The molecule has 2 aromatic rings. The number of hydrogen-bond acceptors (Lipinski definition) is 4. The zero-order valence-corrected chi connectivity index (χ0v) is 8.67. The topological polar surface area (TPSA) is 79.8 Å². The van der Waals surface area contributed by atoms with Crippen LogP contribution in [-0.2, 0) is 0 Å². The first kappa shape index (κ1) is 10.3. The molecular formula is C9H9FN4O2. The maximum atomic E-state index is 13.2. The second-order valence-corrected chi connectivity index (χ2v) is 3.27. The molecule has 7 heteroatoms. The first-order chi connectivity index (χ1) is 7.54. The highest BCUT2D eigenvalue weighted by atomic mass is 19.1. The first-order valence-corrected chi connectivity index (χ1v) is 4.54. The maximum Gasteiger partial charge on any atom is 0.368 e. The van der Waals surface area contributed by atoms with Crippen molar-refractivity contribution in [2.75, 3.05) is 12.5 Å². The van der Waals surface area contributed by atoms with Crippen molar-refractivity contribution in [2.24, 2.45) is 0 Å². The summed E-state index contributed by atoms with van der Waals surface area (Å²) in [7, 11) is 1.51. The molecule has 0 atom stereocenters. The molecule has 0 unspecified atom stereocenters. The van der Waals surface area contributed by atoms with Crippen LogP contribution < -0.4 is 16.5 Å². The predicted molar refractivity (Wildman–Crippen MR) is 56.6 cm³/mol. The second-order valence-electron chi connectivity index (χ2n) is 3.27. The van der Waals surface area contributed by atoms with Gasteiger partial charge in [0.25, 0.3) is 0 Å². The number of pyridine rings is 1. The van der Waals surface area contributed by atoms with Crippen molar-refractivity contribution < 1.29 is 4.39 Å². The van der Waals surface area contributed by atoms with E-state index < -0.39 is 17.1 Å².